The zero-order valence-corrected chi connectivity index (χ0v) is 15.8. The van der Waals surface area contributed by atoms with Gasteiger partial charge in [0.15, 0.2) is 5.82 Å². The van der Waals surface area contributed by atoms with E-state index in [2.05, 4.69) is 15.6 Å². The van der Waals surface area contributed by atoms with Crippen molar-refractivity contribution in [3.8, 4) is 0 Å². The van der Waals surface area contributed by atoms with E-state index >= 15 is 0 Å². The first-order valence-corrected chi connectivity index (χ1v) is 9.26. The van der Waals surface area contributed by atoms with Gasteiger partial charge in [-0.3, -0.25) is 9.59 Å². The molecule has 138 valence electrons. The highest BCUT2D eigenvalue weighted by Gasteiger charge is 2.27. The summed E-state index contributed by atoms with van der Waals surface area (Å²) in [6, 6.07) is 7.32. The molecule has 7 heteroatoms. The number of aromatic nitrogens is 2. The molecular formula is C19H23ClN4O2. The lowest BCUT2D eigenvalue weighted by atomic mass is 10.1. The van der Waals surface area contributed by atoms with Crippen LogP contribution in [-0.4, -0.2) is 27.4 Å². The van der Waals surface area contributed by atoms with Crippen LogP contribution in [0.25, 0.3) is 0 Å². The molecule has 0 fully saturated rings. The predicted molar refractivity (Wildman–Crippen MR) is 100 cm³/mol. The van der Waals surface area contributed by atoms with Crippen LogP contribution in [0.1, 0.15) is 59.1 Å². The molecule has 1 aliphatic rings. The van der Waals surface area contributed by atoms with E-state index in [4.69, 9.17) is 11.6 Å². The Morgan fingerprint density at radius 1 is 1.19 bits per heavy atom. The predicted octanol–water partition coefficient (Wildman–Crippen LogP) is 2.94. The molecular weight excluding hydrogens is 352 g/mol. The van der Waals surface area contributed by atoms with Crippen molar-refractivity contribution < 1.29 is 9.59 Å². The van der Waals surface area contributed by atoms with Crippen LogP contribution >= 0.6 is 11.6 Å². The average Bonchev–Trinajstić information content (AvgIpc) is 3.00. The monoisotopic (exact) mass is 374 g/mol. The molecule has 0 radical (unpaired) electrons. The van der Waals surface area contributed by atoms with Gasteiger partial charge in [0.25, 0.3) is 11.8 Å². The van der Waals surface area contributed by atoms with Gasteiger partial charge in [-0.05, 0) is 50.8 Å². The van der Waals surface area contributed by atoms with Crippen molar-refractivity contribution in [2.45, 2.75) is 52.2 Å². The summed E-state index contributed by atoms with van der Waals surface area (Å²) in [5.74, 6) is -0.184. The van der Waals surface area contributed by atoms with Crippen molar-refractivity contribution in [2.75, 3.05) is 0 Å². The molecule has 0 aliphatic carbocycles. The number of hydrogen-bond acceptors (Lipinski definition) is 3. The van der Waals surface area contributed by atoms with Crippen molar-refractivity contribution in [1.82, 2.24) is 20.2 Å². The number of rotatable bonds is 5. The van der Waals surface area contributed by atoms with Crippen LogP contribution in [0.5, 0.6) is 0 Å². The highest BCUT2D eigenvalue weighted by Crippen LogP contribution is 2.21. The molecule has 1 aliphatic heterocycles. The van der Waals surface area contributed by atoms with Gasteiger partial charge in [0.2, 0.25) is 0 Å². The average molecular weight is 375 g/mol. The topological polar surface area (TPSA) is 76.0 Å². The quantitative estimate of drug-likeness (QED) is 0.844. The largest absolute Gasteiger partial charge is 0.348 e. The van der Waals surface area contributed by atoms with Gasteiger partial charge in [-0.15, -0.1) is 0 Å². The van der Waals surface area contributed by atoms with E-state index < -0.39 is 0 Å². The number of nitrogens with zero attached hydrogens (tertiary/aromatic N) is 2. The number of halogens is 1. The van der Waals surface area contributed by atoms with E-state index in [0.717, 1.165) is 30.5 Å². The Kier molecular flexibility index (Phi) is 5.61. The molecule has 2 heterocycles. The maximum atomic E-state index is 12.7. The fourth-order valence-electron chi connectivity index (χ4n) is 3.09. The molecule has 0 bridgehead atoms. The minimum absolute atomic E-state index is 0.0191. The van der Waals surface area contributed by atoms with Crippen molar-refractivity contribution in [1.29, 1.82) is 0 Å². The van der Waals surface area contributed by atoms with E-state index in [-0.39, 0.29) is 17.9 Å². The third-order valence-electron chi connectivity index (χ3n) is 4.32. The van der Waals surface area contributed by atoms with Gasteiger partial charge in [-0.2, -0.15) is 0 Å². The molecule has 2 aromatic rings. The number of fused-ring (bicyclic) bond motifs is 1. The second kappa shape index (κ2) is 7.91. The number of benzene rings is 1. The number of carbonyl (C=O) groups is 2. The second-order valence-electron chi connectivity index (χ2n) is 6.78. The summed E-state index contributed by atoms with van der Waals surface area (Å²) < 4.78 is 1.88. The summed E-state index contributed by atoms with van der Waals surface area (Å²) in [4.78, 5) is 29.5. The van der Waals surface area contributed by atoms with Crippen LogP contribution < -0.4 is 10.6 Å². The summed E-state index contributed by atoms with van der Waals surface area (Å²) in [6.07, 6.45) is 2.74. The first-order chi connectivity index (χ1) is 12.5. The molecule has 0 unspecified atom stereocenters. The number of nitrogens with one attached hydrogen (secondary N) is 2. The lowest BCUT2D eigenvalue weighted by molar-refractivity contribution is 0.0934. The molecule has 2 N–H and O–H groups in total. The highest BCUT2D eigenvalue weighted by molar-refractivity contribution is 6.30. The van der Waals surface area contributed by atoms with Gasteiger partial charge in [0, 0.05) is 24.2 Å². The number of hydrogen-bond donors (Lipinski definition) is 2. The Morgan fingerprint density at radius 2 is 1.92 bits per heavy atom. The van der Waals surface area contributed by atoms with Crippen LogP contribution in [0.2, 0.25) is 5.02 Å². The maximum Gasteiger partial charge on any atom is 0.287 e. The summed E-state index contributed by atoms with van der Waals surface area (Å²) >= 11 is 5.88. The van der Waals surface area contributed by atoms with Crippen molar-refractivity contribution in [3.05, 3.63) is 52.1 Å². The van der Waals surface area contributed by atoms with Crippen LogP contribution in [0.15, 0.2) is 24.3 Å². The van der Waals surface area contributed by atoms with Crippen molar-refractivity contribution in [2.24, 2.45) is 0 Å². The third-order valence-corrected chi connectivity index (χ3v) is 4.57. The standard InChI is InChI=1S/C19H23ClN4O2/c1-12(2)22-18(25)16-15-5-3-4-10-24(15)17(23-16)19(26)21-11-13-6-8-14(20)9-7-13/h6-9,12H,3-5,10-11H2,1-2H3,(H,21,26)(H,22,25). The van der Waals surface area contributed by atoms with Crippen molar-refractivity contribution >= 4 is 23.4 Å². The fraction of sp³-hybridized carbons (Fsp3) is 0.421. The van der Waals surface area contributed by atoms with E-state index in [9.17, 15) is 9.59 Å². The zero-order valence-electron chi connectivity index (χ0n) is 15.0. The Bertz CT molecular complexity index is 812. The number of amides is 2. The van der Waals surface area contributed by atoms with Gasteiger partial charge in [0.1, 0.15) is 5.69 Å². The minimum Gasteiger partial charge on any atom is -0.348 e. The smallest absolute Gasteiger partial charge is 0.287 e. The lowest BCUT2D eigenvalue weighted by Crippen LogP contribution is -2.31. The second-order valence-corrected chi connectivity index (χ2v) is 7.21. The third kappa shape index (κ3) is 4.07. The van der Waals surface area contributed by atoms with Gasteiger partial charge in [-0.1, -0.05) is 23.7 Å². The minimum atomic E-state index is -0.272. The van der Waals surface area contributed by atoms with Crippen molar-refractivity contribution in [3.63, 3.8) is 0 Å². The Balaban J connectivity index is 1.80. The van der Waals surface area contributed by atoms with E-state index in [1.807, 2.05) is 30.5 Å². The van der Waals surface area contributed by atoms with E-state index in [0.29, 0.717) is 29.6 Å². The molecule has 0 saturated carbocycles. The Labute approximate surface area is 157 Å². The SMILES string of the molecule is CC(C)NC(=O)c1nc(C(=O)NCc2ccc(Cl)cc2)n2c1CCCC2. The van der Waals surface area contributed by atoms with Crippen LogP contribution in [0.3, 0.4) is 0 Å². The van der Waals surface area contributed by atoms with Gasteiger partial charge >= 0.3 is 0 Å². The normalized spacial score (nSPS) is 13.4. The summed E-state index contributed by atoms with van der Waals surface area (Å²) in [7, 11) is 0. The number of imidazole rings is 1. The molecule has 6 nitrogen and oxygen atoms in total. The maximum absolute atomic E-state index is 12.7. The number of carbonyl (C=O) groups excluding carboxylic acids is 2. The molecule has 2 amide bonds. The van der Waals surface area contributed by atoms with Gasteiger partial charge < -0.3 is 15.2 Å². The first kappa shape index (κ1) is 18.5. The van der Waals surface area contributed by atoms with E-state index in [1.165, 1.54) is 0 Å². The molecule has 0 atom stereocenters. The molecule has 0 spiro atoms. The summed E-state index contributed by atoms with van der Waals surface area (Å²) in [6.45, 7) is 4.90. The zero-order chi connectivity index (χ0) is 18.7. The molecule has 26 heavy (non-hydrogen) atoms. The van der Waals surface area contributed by atoms with Gasteiger partial charge in [0.05, 0.1) is 5.69 Å². The summed E-state index contributed by atoms with van der Waals surface area (Å²) in [5.41, 5.74) is 2.17. The molecule has 3 rings (SSSR count). The van der Waals surface area contributed by atoms with Crippen LogP contribution in [0.4, 0.5) is 0 Å². The molecule has 0 saturated heterocycles. The molecule has 1 aromatic carbocycles. The Morgan fingerprint density at radius 3 is 2.62 bits per heavy atom. The van der Waals surface area contributed by atoms with Gasteiger partial charge in [-0.25, -0.2) is 4.98 Å². The lowest BCUT2D eigenvalue weighted by Gasteiger charge is -2.17. The Hall–Kier alpha value is -2.34. The summed E-state index contributed by atoms with van der Waals surface area (Å²) in [5, 5.41) is 6.40. The first-order valence-electron chi connectivity index (χ1n) is 8.88. The van der Waals surface area contributed by atoms with Crippen LogP contribution in [0, 0.1) is 0 Å². The molecule has 1 aromatic heterocycles. The highest BCUT2D eigenvalue weighted by atomic mass is 35.5. The fourth-order valence-corrected chi connectivity index (χ4v) is 3.22. The van der Waals surface area contributed by atoms with Crippen LogP contribution in [-0.2, 0) is 19.5 Å². The van der Waals surface area contributed by atoms with E-state index in [1.54, 1.807) is 12.1 Å².